The summed E-state index contributed by atoms with van der Waals surface area (Å²) in [5.74, 6) is 0.373. The molecule has 0 radical (unpaired) electrons. The summed E-state index contributed by atoms with van der Waals surface area (Å²) >= 11 is 5.01. The van der Waals surface area contributed by atoms with Crippen LogP contribution in [0.5, 0.6) is 5.75 Å². The largest absolute Gasteiger partial charge is 0.489 e. The van der Waals surface area contributed by atoms with E-state index in [1.165, 1.54) is 6.07 Å². The van der Waals surface area contributed by atoms with Gasteiger partial charge >= 0.3 is 0 Å². The van der Waals surface area contributed by atoms with Gasteiger partial charge in [-0.05, 0) is 42.9 Å². The molecule has 120 valence electrons. The zero-order valence-corrected chi connectivity index (χ0v) is 13.6. The van der Waals surface area contributed by atoms with Gasteiger partial charge in [-0.1, -0.05) is 30.3 Å². The van der Waals surface area contributed by atoms with E-state index in [2.05, 4.69) is 15.8 Å². The Morgan fingerprint density at radius 2 is 2.09 bits per heavy atom. The lowest BCUT2D eigenvalue weighted by molar-refractivity contribution is 0.300. The molecule has 2 aromatic rings. The Labute approximate surface area is 140 Å². The van der Waals surface area contributed by atoms with Crippen molar-refractivity contribution < 1.29 is 9.13 Å². The highest BCUT2D eigenvalue weighted by atomic mass is 32.1. The van der Waals surface area contributed by atoms with Gasteiger partial charge in [0.1, 0.15) is 18.2 Å². The van der Waals surface area contributed by atoms with Crippen LogP contribution in [0, 0.1) is 5.82 Å². The van der Waals surface area contributed by atoms with Crippen LogP contribution in [0.4, 0.5) is 4.39 Å². The minimum absolute atomic E-state index is 0.177. The quantitative estimate of drug-likeness (QED) is 0.485. The van der Waals surface area contributed by atoms with Gasteiger partial charge in [0.25, 0.3) is 0 Å². The van der Waals surface area contributed by atoms with Crippen LogP contribution in [-0.4, -0.2) is 17.9 Å². The topological polar surface area (TPSA) is 45.7 Å². The third-order valence-corrected chi connectivity index (χ3v) is 3.16. The number of thiocarbonyl (C=S) groups is 1. The molecule has 0 fully saturated rings. The number of rotatable bonds is 6. The van der Waals surface area contributed by atoms with Gasteiger partial charge in [0.15, 0.2) is 5.11 Å². The summed E-state index contributed by atoms with van der Waals surface area (Å²) < 4.78 is 19.2. The van der Waals surface area contributed by atoms with Gasteiger partial charge in [0, 0.05) is 12.1 Å². The number of nitrogens with zero attached hydrogens (tertiary/aromatic N) is 1. The predicted octanol–water partition coefficient (Wildman–Crippen LogP) is 3.22. The summed E-state index contributed by atoms with van der Waals surface area (Å²) in [7, 11) is 0. The van der Waals surface area contributed by atoms with E-state index in [0.29, 0.717) is 16.4 Å². The molecule has 0 aromatic heterocycles. The molecule has 4 nitrogen and oxygen atoms in total. The molecule has 0 spiro atoms. The smallest absolute Gasteiger partial charge is 0.186 e. The van der Waals surface area contributed by atoms with Crippen LogP contribution in [0.15, 0.2) is 53.6 Å². The van der Waals surface area contributed by atoms with Crippen molar-refractivity contribution in [1.82, 2.24) is 10.7 Å². The van der Waals surface area contributed by atoms with E-state index in [9.17, 15) is 4.39 Å². The highest BCUT2D eigenvalue weighted by molar-refractivity contribution is 7.80. The van der Waals surface area contributed by atoms with Gasteiger partial charge in [-0.25, -0.2) is 4.39 Å². The first-order valence-corrected chi connectivity index (χ1v) is 7.63. The van der Waals surface area contributed by atoms with Crippen molar-refractivity contribution in [3.8, 4) is 5.75 Å². The highest BCUT2D eigenvalue weighted by Crippen LogP contribution is 2.15. The number of nitrogens with one attached hydrogen (secondary N) is 2. The monoisotopic (exact) mass is 331 g/mol. The molecular formula is C17H18FN3OS. The molecule has 23 heavy (non-hydrogen) atoms. The second-order valence-corrected chi connectivity index (χ2v) is 5.09. The first-order chi connectivity index (χ1) is 11.2. The molecule has 0 atom stereocenters. The van der Waals surface area contributed by atoms with E-state index in [1.54, 1.807) is 24.4 Å². The van der Waals surface area contributed by atoms with Gasteiger partial charge in [-0.3, -0.25) is 5.43 Å². The summed E-state index contributed by atoms with van der Waals surface area (Å²) in [6.07, 6.45) is 1.64. The lowest BCUT2D eigenvalue weighted by Crippen LogP contribution is -2.31. The van der Waals surface area contributed by atoms with Crippen molar-refractivity contribution in [3.63, 3.8) is 0 Å². The molecular weight excluding hydrogens is 313 g/mol. The number of hydrazone groups is 1. The van der Waals surface area contributed by atoms with Gasteiger partial charge < -0.3 is 10.1 Å². The molecule has 2 aromatic carbocycles. The van der Waals surface area contributed by atoms with E-state index in [4.69, 9.17) is 17.0 Å². The van der Waals surface area contributed by atoms with Crippen LogP contribution in [0.25, 0.3) is 0 Å². The van der Waals surface area contributed by atoms with Crippen LogP contribution >= 0.6 is 12.2 Å². The molecule has 0 aliphatic carbocycles. The van der Waals surface area contributed by atoms with Crippen molar-refractivity contribution in [2.45, 2.75) is 13.5 Å². The number of ether oxygens (including phenoxy) is 1. The minimum Gasteiger partial charge on any atom is -0.489 e. The molecule has 0 amide bonds. The van der Waals surface area contributed by atoms with Crippen LogP contribution < -0.4 is 15.5 Å². The fourth-order valence-electron chi connectivity index (χ4n) is 1.83. The molecule has 2 N–H and O–H groups in total. The Morgan fingerprint density at radius 3 is 2.87 bits per heavy atom. The maximum absolute atomic E-state index is 13.5. The van der Waals surface area contributed by atoms with Crippen molar-refractivity contribution in [2.24, 2.45) is 5.10 Å². The summed E-state index contributed by atoms with van der Waals surface area (Å²) in [5.41, 5.74) is 4.08. The number of hydrogen-bond acceptors (Lipinski definition) is 3. The number of halogens is 1. The summed E-state index contributed by atoms with van der Waals surface area (Å²) in [6.45, 7) is 2.87. The highest BCUT2D eigenvalue weighted by Gasteiger charge is 2.02. The lowest BCUT2D eigenvalue weighted by atomic mass is 10.2. The zero-order valence-electron chi connectivity index (χ0n) is 12.8. The molecule has 6 heteroatoms. The fraction of sp³-hybridized carbons (Fsp3) is 0.176. The average Bonchev–Trinajstić information content (AvgIpc) is 2.55. The lowest BCUT2D eigenvalue weighted by Gasteiger charge is -2.07. The number of hydrogen-bond donors (Lipinski definition) is 2. The first-order valence-electron chi connectivity index (χ1n) is 7.22. The van der Waals surface area contributed by atoms with E-state index < -0.39 is 0 Å². The molecule has 0 unspecified atom stereocenters. The summed E-state index contributed by atoms with van der Waals surface area (Å²) in [4.78, 5) is 0. The molecule has 0 saturated carbocycles. The second-order valence-electron chi connectivity index (χ2n) is 4.68. The zero-order chi connectivity index (χ0) is 16.5. The van der Waals surface area contributed by atoms with Crippen molar-refractivity contribution in [3.05, 3.63) is 65.5 Å². The minimum atomic E-state index is -0.272. The third kappa shape index (κ3) is 5.67. The van der Waals surface area contributed by atoms with Crippen LogP contribution in [0.3, 0.4) is 0 Å². The Hall–Kier alpha value is -2.47. The second kappa shape index (κ2) is 8.85. The van der Waals surface area contributed by atoms with Crippen LogP contribution in [-0.2, 0) is 6.61 Å². The standard InChI is InChI=1S/C17H18FN3OS/c1-2-19-17(23)21-20-11-13-6-5-8-15(10-13)22-12-14-7-3-4-9-16(14)18/h3-11H,2,12H2,1H3,(H2,19,21,23)/b20-11+. The Morgan fingerprint density at radius 1 is 1.26 bits per heavy atom. The number of benzene rings is 2. The maximum atomic E-state index is 13.5. The van der Waals surface area contributed by atoms with E-state index in [-0.39, 0.29) is 12.4 Å². The Bertz CT molecular complexity index is 691. The van der Waals surface area contributed by atoms with Gasteiger partial charge in [0.05, 0.1) is 6.21 Å². The fourth-order valence-corrected chi connectivity index (χ4v) is 2.02. The molecule has 2 rings (SSSR count). The van der Waals surface area contributed by atoms with Crippen molar-refractivity contribution >= 4 is 23.5 Å². The van der Waals surface area contributed by atoms with E-state index in [0.717, 1.165) is 12.1 Å². The summed E-state index contributed by atoms with van der Waals surface area (Å²) in [5, 5.41) is 7.44. The Balaban J connectivity index is 1.93. The molecule has 0 heterocycles. The average molecular weight is 331 g/mol. The predicted molar refractivity (Wildman–Crippen MR) is 94.2 cm³/mol. The first kappa shape index (κ1) is 16.9. The maximum Gasteiger partial charge on any atom is 0.186 e. The van der Waals surface area contributed by atoms with Crippen LogP contribution in [0.1, 0.15) is 18.1 Å². The van der Waals surface area contributed by atoms with Gasteiger partial charge in [-0.15, -0.1) is 0 Å². The van der Waals surface area contributed by atoms with Crippen LogP contribution in [0.2, 0.25) is 0 Å². The normalized spacial score (nSPS) is 10.5. The van der Waals surface area contributed by atoms with E-state index in [1.807, 2.05) is 31.2 Å². The SMILES string of the molecule is CCNC(=S)N/N=C/c1cccc(OCc2ccccc2F)c1. The Kier molecular flexibility index (Phi) is 6.50. The van der Waals surface area contributed by atoms with Gasteiger partial charge in [0.2, 0.25) is 0 Å². The summed E-state index contributed by atoms with van der Waals surface area (Å²) in [6, 6.07) is 13.9. The van der Waals surface area contributed by atoms with E-state index >= 15 is 0 Å². The van der Waals surface area contributed by atoms with Gasteiger partial charge in [-0.2, -0.15) is 5.10 Å². The molecule has 0 aliphatic rings. The molecule has 0 aliphatic heterocycles. The van der Waals surface area contributed by atoms with Crippen molar-refractivity contribution in [1.29, 1.82) is 0 Å². The molecule has 0 saturated heterocycles. The molecule has 0 bridgehead atoms. The van der Waals surface area contributed by atoms with Crippen molar-refractivity contribution in [2.75, 3.05) is 6.54 Å². The third-order valence-electron chi connectivity index (χ3n) is 2.93.